The molecule has 1 aliphatic rings. The molecule has 0 aliphatic heterocycles. The molecule has 0 aromatic heterocycles. The molecule has 0 bridgehead atoms. The topological polar surface area (TPSA) is 67.9 Å². The van der Waals surface area contributed by atoms with Gasteiger partial charge >= 0.3 is 0 Å². The van der Waals surface area contributed by atoms with Crippen molar-refractivity contribution < 1.29 is 19.1 Å². The highest BCUT2D eigenvalue weighted by Crippen LogP contribution is 2.31. The van der Waals surface area contributed by atoms with Crippen molar-refractivity contribution in [1.82, 2.24) is 4.90 Å². The van der Waals surface area contributed by atoms with Gasteiger partial charge in [0, 0.05) is 29.4 Å². The number of nitrogens with zero attached hydrogens (tertiary/aromatic N) is 1. The Balaban J connectivity index is 1.69. The van der Waals surface area contributed by atoms with Crippen LogP contribution in [0.3, 0.4) is 0 Å². The molecule has 0 atom stereocenters. The average molecular weight is 382 g/mol. The zero-order chi connectivity index (χ0) is 20.1. The van der Waals surface area contributed by atoms with Crippen molar-refractivity contribution in [1.29, 1.82) is 0 Å². The maximum atomic E-state index is 12.6. The van der Waals surface area contributed by atoms with Gasteiger partial charge in [0.2, 0.25) is 5.91 Å². The first kappa shape index (κ1) is 19.9. The van der Waals surface area contributed by atoms with E-state index in [-0.39, 0.29) is 18.2 Å². The van der Waals surface area contributed by atoms with E-state index in [1.807, 2.05) is 18.2 Å². The molecule has 1 N–H and O–H groups in total. The third-order valence-electron chi connectivity index (χ3n) is 4.82. The van der Waals surface area contributed by atoms with Crippen molar-refractivity contribution in [2.75, 3.05) is 26.1 Å². The van der Waals surface area contributed by atoms with Gasteiger partial charge in [0.05, 0.1) is 20.8 Å². The minimum absolute atomic E-state index is 0.0270. The normalized spacial score (nSPS) is 13.3. The molecule has 1 aliphatic carbocycles. The molecule has 0 saturated heterocycles. The molecule has 148 valence electrons. The summed E-state index contributed by atoms with van der Waals surface area (Å²) < 4.78 is 10.8. The average Bonchev–Trinajstić information content (AvgIpc) is 3.52. The second-order valence-electron chi connectivity index (χ2n) is 7.00. The number of Topliss-reactive ketones (excluding diaryl/α,β-unsaturated/α-hetero) is 1. The van der Waals surface area contributed by atoms with Crippen LogP contribution in [0.5, 0.6) is 11.5 Å². The minimum atomic E-state index is -0.102. The molecule has 0 radical (unpaired) electrons. The molecule has 1 saturated carbocycles. The van der Waals surface area contributed by atoms with E-state index >= 15 is 0 Å². The summed E-state index contributed by atoms with van der Waals surface area (Å²) in [4.78, 5) is 26.3. The van der Waals surface area contributed by atoms with Gasteiger partial charge in [0.25, 0.3) is 0 Å². The van der Waals surface area contributed by atoms with E-state index in [1.165, 1.54) is 6.92 Å². The molecule has 0 spiro atoms. The summed E-state index contributed by atoms with van der Waals surface area (Å²) in [5, 5.41) is 2.90. The molecule has 6 nitrogen and oxygen atoms in total. The van der Waals surface area contributed by atoms with Gasteiger partial charge < -0.3 is 14.8 Å². The lowest BCUT2D eigenvalue weighted by Gasteiger charge is -2.23. The van der Waals surface area contributed by atoms with Gasteiger partial charge in [-0.1, -0.05) is 12.1 Å². The lowest BCUT2D eigenvalue weighted by molar-refractivity contribution is -0.117. The molecule has 2 aromatic carbocycles. The fourth-order valence-corrected chi connectivity index (χ4v) is 3.18. The molecule has 1 amide bonds. The zero-order valence-corrected chi connectivity index (χ0v) is 16.5. The number of hydrogen-bond acceptors (Lipinski definition) is 5. The monoisotopic (exact) mass is 382 g/mol. The van der Waals surface area contributed by atoms with Gasteiger partial charge in [-0.2, -0.15) is 0 Å². The Labute approximate surface area is 165 Å². The first-order valence-corrected chi connectivity index (χ1v) is 9.36. The highest BCUT2D eigenvalue weighted by Gasteiger charge is 2.31. The van der Waals surface area contributed by atoms with Crippen LogP contribution in [0.4, 0.5) is 5.69 Å². The third-order valence-corrected chi connectivity index (χ3v) is 4.82. The Hall–Kier alpha value is -2.86. The van der Waals surface area contributed by atoms with Crippen LogP contribution in [0, 0.1) is 0 Å². The molecule has 0 heterocycles. The van der Waals surface area contributed by atoms with Gasteiger partial charge in [0.15, 0.2) is 5.78 Å². The Morgan fingerprint density at radius 2 is 1.89 bits per heavy atom. The molecular formula is C22H26N2O4. The predicted octanol–water partition coefficient (Wildman–Crippen LogP) is 3.51. The standard InChI is InChI=1S/C22H26N2O4/c1-15(25)16-5-4-6-18(11-16)23-22(26)14-24(19-7-8-19)13-17-12-20(27-2)9-10-21(17)28-3/h4-6,9-12,19H,7-8,13-14H2,1-3H3,(H,23,26). The fraction of sp³-hybridized carbons (Fsp3) is 0.364. The maximum Gasteiger partial charge on any atom is 0.238 e. The number of carbonyl (C=O) groups excluding carboxylic acids is 2. The lowest BCUT2D eigenvalue weighted by Crippen LogP contribution is -2.34. The third kappa shape index (κ3) is 5.10. The van der Waals surface area contributed by atoms with Gasteiger partial charge in [0.1, 0.15) is 11.5 Å². The highest BCUT2D eigenvalue weighted by molar-refractivity contribution is 5.97. The Kier molecular flexibility index (Phi) is 6.31. The number of benzene rings is 2. The molecule has 0 unspecified atom stereocenters. The van der Waals surface area contributed by atoms with E-state index in [9.17, 15) is 9.59 Å². The van der Waals surface area contributed by atoms with E-state index in [4.69, 9.17) is 9.47 Å². The SMILES string of the molecule is COc1ccc(OC)c(CN(CC(=O)Nc2cccc(C(C)=O)c2)C2CC2)c1. The number of carbonyl (C=O) groups is 2. The molecule has 6 heteroatoms. The smallest absolute Gasteiger partial charge is 0.238 e. The Bertz CT molecular complexity index is 861. The summed E-state index contributed by atoms with van der Waals surface area (Å²) in [6.07, 6.45) is 2.17. The first-order chi connectivity index (χ1) is 13.5. The summed E-state index contributed by atoms with van der Waals surface area (Å²) in [6, 6.07) is 13.1. The molecule has 28 heavy (non-hydrogen) atoms. The number of rotatable bonds is 9. The quantitative estimate of drug-likeness (QED) is 0.672. The highest BCUT2D eigenvalue weighted by atomic mass is 16.5. The van der Waals surface area contributed by atoms with Gasteiger partial charge in [-0.3, -0.25) is 14.5 Å². The van der Waals surface area contributed by atoms with E-state index < -0.39 is 0 Å². The molecule has 1 fully saturated rings. The van der Waals surface area contributed by atoms with Gasteiger partial charge in [-0.05, 0) is 50.1 Å². The van der Waals surface area contributed by atoms with Crippen LogP contribution in [-0.4, -0.2) is 43.4 Å². The van der Waals surface area contributed by atoms with E-state index in [0.29, 0.717) is 23.8 Å². The first-order valence-electron chi connectivity index (χ1n) is 9.36. The number of ether oxygens (including phenoxy) is 2. The summed E-state index contributed by atoms with van der Waals surface area (Å²) in [7, 11) is 3.27. The van der Waals surface area contributed by atoms with E-state index in [2.05, 4.69) is 10.2 Å². The molecule has 3 rings (SSSR count). The van der Waals surface area contributed by atoms with Crippen molar-refractivity contribution in [2.45, 2.75) is 32.4 Å². The minimum Gasteiger partial charge on any atom is -0.497 e. The van der Waals surface area contributed by atoms with E-state index in [0.717, 1.165) is 29.9 Å². The van der Waals surface area contributed by atoms with Crippen molar-refractivity contribution in [3.8, 4) is 11.5 Å². The molecule has 2 aromatic rings. The number of amides is 1. The molecular weight excluding hydrogens is 356 g/mol. The van der Waals surface area contributed by atoms with E-state index in [1.54, 1.807) is 38.5 Å². The zero-order valence-electron chi connectivity index (χ0n) is 16.5. The number of ketones is 1. The largest absolute Gasteiger partial charge is 0.497 e. The van der Waals surface area contributed by atoms with Crippen LogP contribution in [0.15, 0.2) is 42.5 Å². The summed E-state index contributed by atoms with van der Waals surface area (Å²) in [5.74, 6) is 1.41. The second kappa shape index (κ2) is 8.89. The Morgan fingerprint density at radius 3 is 2.54 bits per heavy atom. The van der Waals surface area contributed by atoms with Crippen molar-refractivity contribution in [3.05, 3.63) is 53.6 Å². The number of hydrogen-bond donors (Lipinski definition) is 1. The van der Waals surface area contributed by atoms with Gasteiger partial charge in [-0.15, -0.1) is 0 Å². The maximum absolute atomic E-state index is 12.6. The van der Waals surface area contributed by atoms with Crippen LogP contribution in [0.2, 0.25) is 0 Å². The van der Waals surface area contributed by atoms with Crippen molar-refractivity contribution >= 4 is 17.4 Å². The fourth-order valence-electron chi connectivity index (χ4n) is 3.18. The predicted molar refractivity (Wildman–Crippen MR) is 108 cm³/mol. The van der Waals surface area contributed by atoms with Crippen molar-refractivity contribution in [2.24, 2.45) is 0 Å². The number of methoxy groups -OCH3 is 2. The van der Waals surface area contributed by atoms with Crippen LogP contribution in [0.1, 0.15) is 35.7 Å². The van der Waals surface area contributed by atoms with Gasteiger partial charge in [-0.25, -0.2) is 0 Å². The summed E-state index contributed by atoms with van der Waals surface area (Å²) in [6.45, 7) is 2.39. The lowest BCUT2D eigenvalue weighted by atomic mass is 10.1. The number of anilines is 1. The summed E-state index contributed by atoms with van der Waals surface area (Å²) in [5.41, 5.74) is 2.20. The summed E-state index contributed by atoms with van der Waals surface area (Å²) >= 11 is 0. The Morgan fingerprint density at radius 1 is 1.11 bits per heavy atom. The van der Waals surface area contributed by atoms with Crippen LogP contribution >= 0.6 is 0 Å². The van der Waals surface area contributed by atoms with Crippen LogP contribution in [0.25, 0.3) is 0 Å². The van der Waals surface area contributed by atoms with Crippen LogP contribution < -0.4 is 14.8 Å². The number of nitrogens with one attached hydrogen (secondary N) is 1. The van der Waals surface area contributed by atoms with Crippen LogP contribution in [-0.2, 0) is 11.3 Å². The second-order valence-corrected chi connectivity index (χ2v) is 7.00. The van der Waals surface area contributed by atoms with Crippen molar-refractivity contribution in [3.63, 3.8) is 0 Å².